The SMILES string of the molecule is CCN(CC)C(=O)CN1CCN(C(=O)CCOc2ccc(F)cc2)CC1. The normalized spacial score (nSPS) is 15.0. The number of ether oxygens (including phenoxy) is 1. The van der Waals surface area contributed by atoms with E-state index in [0.717, 1.165) is 13.1 Å². The van der Waals surface area contributed by atoms with Crippen LogP contribution in [0.4, 0.5) is 4.39 Å². The highest BCUT2D eigenvalue weighted by Crippen LogP contribution is 2.12. The summed E-state index contributed by atoms with van der Waals surface area (Å²) in [5.74, 6) is 0.425. The maximum Gasteiger partial charge on any atom is 0.236 e. The number of carbonyl (C=O) groups excluding carboxylic acids is 2. The van der Waals surface area contributed by atoms with Gasteiger partial charge in [-0.1, -0.05) is 0 Å². The number of nitrogens with zero attached hydrogens (tertiary/aromatic N) is 3. The van der Waals surface area contributed by atoms with Crippen molar-refractivity contribution >= 4 is 11.8 Å². The van der Waals surface area contributed by atoms with Crippen molar-refractivity contribution in [3.8, 4) is 5.75 Å². The average Bonchev–Trinajstić information content (AvgIpc) is 2.65. The van der Waals surface area contributed by atoms with E-state index in [-0.39, 0.29) is 30.7 Å². The second kappa shape index (κ2) is 10.1. The Bertz CT molecular complexity index is 582. The number of hydrogen-bond acceptors (Lipinski definition) is 4. The fourth-order valence-corrected chi connectivity index (χ4v) is 2.97. The van der Waals surface area contributed by atoms with Gasteiger partial charge in [-0.05, 0) is 38.1 Å². The number of carbonyl (C=O) groups is 2. The molecule has 0 spiro atoms. The van der Waals surface area contributed by atoms with Crippen LogP contribution in [0.3, 0.4) is 0 Å². The van der Waals surface area contributed by atoms with E-state index in [1.807, 2.05) is 23.6 Å². The van der Waals surface area contributed by atoms with Gasteiger partial charge < -0.3 is 14.5 Å². The number of halogens is 1. The van der Waals surface area contributed by atoms with Gasteiger partial charge in [0.25, 0.3) is 0 Å². The van der Waals surface area contributed by atoms with Gasteiger partial charge in [-0.25, -0.2) is 4.39 Å². The molecule has 0 N–H and O–H groups in total. The molecule has 2 amide bonds. The van der Waals surface area contributed by atoms with E-state index in [4.69, 9.17) is 4.74 Å². The predicted octanol–water partition coefficient (Wildman–Crippen LogP) is 1.61. The Morgan fingerprint density at radius 3 is 2.27 bits per heavy atom. The van der Waals surface area contributed by atoms with Gasteiger partial charge >= 0.3 is 0 Å². The van der Waals surface area contributed by atoms with Crippen LogP contribution in [-0.4, -0.2) is 78.9 Å². The standard InChI is InChI=1S/C19H28FN3O3/c1-3-22(4-2)19(25)15-21-10-12-23(13-11-21)18(24)9-14-26-17-7-5-16(20)6-8-17/h5-8H,3-4,9-15H2,1-2H3. The third-order valence-corrected chi connectivity index (χ3v) is 4.60. The van der Waals surface area contributed by atoms with Crippen molar-refractivity contribution in [2.45, 2.75) is 20.3 Å². The van der Waals surface area contributed by atoms with Crippen molar-refractivity contribution in [1.29, 1.82) is 0 Å². The zero-order valence-electron chi connectivity index (χ0n) is 15.6. The number of benzene rings is 1. The van der Waals surface area contributed by atoms with E-state index in [0.29, 0.717) is 38.5 Å². The molecular weight excluding hydrogens is 337 g/mol. The van der Waals surface area contributed by atoms with Crippen molar-refractivity contribution in [2.24, 2.45) is 0 Å². The highest BCUT2D eigenvalue weighted by molar-refractivity contribution is 5.78. The van der Waals surface area contributed by atoms with Crippen molar-refractivity contribution in [2.75, 3.05) is 52.4 Å². The summed E-state index contributed by atoms with van der Waals surface area (Å²) in [6.45, 7) is 8.75. The molecule has 1 heterocycles. The van der Waals surface area contributed by atoms with Crippen LogP contribution in [0.2, 0.25) is 0 Å². The number of hydrogen-bond donors (Lipinski definition) is 0. The van der Waals surface area contributed by atoms with Crippen molar-refractivity contribution in [3.05, 3.63) is 30.1 Å². The number of amides is 2. The van der Waals surface area contributed by atoms with E-state index in [1.54, 1.807) is 12.1 Å². The maximum atomic E-state index is 12.8. The Morgan fingerprint density at radius 2 is 1.69 bits per heavy atom. The minimum atomic E-state index is -0.314. The molecule has 0 aromatic heterocycles. The van der Waals surface area contributed by atoms with Gasteiger partial charge in [0.2, 0.25) is 11.8 Å². The second-order valence-electron chi connectivity index (χ2n) is 6.28. The van der Waals surface area contributed by atoms with Gasteiger partial charge in [0.05, 0.1) is 19.6 Å². The van der Waals surface area contributed by atoms with Crippen LogP contribution in [0.1, 0.15) is 20.3 Å². The molecule has 2 rings (SSSR count). The predicted molar refractivity (Wildman–Crippen MR) is 97.5 cm³/mol. The molecule has 1 fully saturated rings. The van der Waals surface area contributed by atoms with Crippen molar-refractivity contribution in [3.63, 3.8) is 0 Å². The van der Waals surface area contributed by atoms with Gasteiger partial charge in [-0.2, -0.15) is 0 Å². The monoisotopic (exact) mass is 365 g/mol. The lowest BCUT2D eigenvalue weighted by atomic mass is 10.2. The zero-order valence-corrected chi connectivity index (χ0v) is 15.6. The maximum absolute atomic E-state index is 12.8. The van der Waals surface area contributed by atoms with Crippen LogP contribution in [-0.2, 0) is 9.59 Å². The fraction of sp³-hybridized carbons (Fsp3) is 0.579. The first-order chi connectivity index (χ1) is 12.5. The smallest absolute Gasteiger partial charge is 0.236 e. The minimum absolute atomic E-state index is 0.0434. The summed E-state index contributed by atoms with van der Waals surface area (Å²) < 4.78 is 18.3. The molecule has 144 valence electrons. The highest BCUT2D eigenvalue weighted by Gasteiger charge is 2.23. The second-order valence-corrected chi connectivity index (χ2v) is 6.28. The molecule has 0 radical (unpaired) electrons. The number of likely N-dealkylation sites (N-methyl/N-ethyl adjacent to an activating group) is 1. The molecule has 0 unspecified atom stereocenters. The summed E-state index contributed by atoms with van der Waals surface area (Å²) in [6.07, 6.45) is 0.287. The molecule has 1 aromatic rings. The van der Waals surface area contributed by atoms with Crippen LogP contribution in [0.5, 0.6) is 5.75 Å². The number of piperazine rings is 1. The van der Waals surface area contributed by atoms with Gasteiger partial charge in [-0.15, -0.1) is 0 Å². The molecule has 1 aliphatic heterocycles. The minimum Gasteiger partial charge on any atom is -0.493 e. The first-order valence-electron chi connectivity index (χ1n) is 9.19. The largest absolute Gasteiger partial charge is 0.493 e. The molecule has 1 aliphatic rings. The molecule has 0 atom stereocenters. The quantitative estimate of drug-likeness (QED) is 0.702. The Hall–Kier alpha value is -2.15. The molecule has 26 heavy (non-hydrogen) atoms. The number of rotatable bonds is 8. The van der Waals surface area contributed by atoms with Gasteiger partial charge in [0, 0.05) is 39.3 Å². The average molecular weight is 365 g/mol. The highest BCUT2D eigenvalue weighted by atomic mass is 19.1. The molecule has 0 saturated carbocycles. The third-order valence-electron chi connectivity index (χ3n) is 4.60. The Labute approximate surface area is 154 Å². The Morgan fingerprint density at radius 1 is 1.08 bits per heavy atom. The fourth-order valence-electron chi connectivity index (χ4n) is 2.97. The van der Waals surface area contributed by atoms with Crippen LogP contribution in [0, 0.1) is 5.82 Å². The molecule has 1 aromatic carbocycles. The summed E-state index contributed by atoms with van der Waals surface area (Å²) in [4.78, 5) is 30.1. The van der Waals surface area contributed by atoms with Crippen LogP contribution < -0.4 is 4.74 Å². The molecule has 6 nitrogen and oxygen atoms in total. The Kier molecular flexibility index (Phi) is 7.84. The van der Waals surface area contributed by atoms with E-state index in [2.05, 4.69) is 4.90 Å². The lowest BCUT2D eigenvalue weighted by Gasteiger charge is -2.35. The van der Waals surface area contributed by atoms with Gasteiger partial charge in [0.1, 0.15) is 11.6 Å². The first kappa shape index (κ1) is 20.2. The first-order valence-corrected chi connectivity index (χ1v) is 9.19. The van der Waals surface area contributed by atoms with Gasteiger partial charge in [-0.3, -0.25) is 14.5 Å². The Balaban J connectivity index is 1.67. The summed E-state index contributed by atoms with van der Waals surface area (Å²) in [5.41, 5.74) is 0. The van der Waals surface area contributed by atoms with E-state index in [1.165, 1.54) is 12.1 Å². The van der Waals surface area contributed by atoms with Crippen LogP contribution in [0.25, 0.3) is 0 Å². The molecule has 0 aliphatic carbocycles. The van der Waals surface area contributed by atoms with Crippen LogP contribution >= 0.6 is 0 Å². The summed E-state index contributed by atoms with van der Waals surface area (Å²) in [6, 6.07) is 5.75. The molecule has 1 saturated heterocycles. The summed E-state index contributed by atoms with van der Waals surface area (Å²) in [7, 11) is 0. The zero-order chi connectivity index (χ0) is 18.9. The van der Waals surface area contributed by atoms with Crippen molar-refractivity contribution in [1.82, 2.24) is 14.7 Å². The van der Waals surface area contributed by atoms with Crippen molar-refractivity contribution < 1.29 is 18.7 Å². The van der Waals surface area contributed by atoms with E-state index in [9.17, 15) is 14.0 Å². The van der Waals surface area contributed by atoms with E-state index >= 15 is 0 Å². The summed E-state index contributed by atoms with van der Waals surface area (Å²) in [5, 5.41) is 0. The lowest BCUT2D eigenvalue weighted by Crippen LogP contribution is -2.51. The lowest BCUT2D eigenvalue weighted by molar-refractivity contribution is -0.135. The third kappa shape index (κ3) is 5.98. The molecular formula is C19H28FN3O3. The molecule has 7 heteroatoms. The van der Waals surface area contributed by atoms with E-state index < -0.39 is 0 Å². The van der Waals surface area contributed by atoms with Crippen LogP contribution in [0.15, 0.2) is 24.3 Å². The molecule has 0 bridgehead atoms. The summed E-state index contributed by atoms with van der Waals surface area (Å²) >= 11 is 0. The van der Waals surface area contributed by atoms with Gasteiger partial charge in [0.15, 0.2) is 0 Å². The topological polar surface area (TPSA) is 53.1 Å².